The van der Waals surface area contributed by atoms with Gasteiger partial charge in [-0.25, -0.2) is 0 Å². The number of thiophene rings is 1. The molecule has 0 fully saturated rings. The molecule has 2 aromatic heterocycles. The Labute approximate surface area is 94.6 Å². The molecule has 0 aliphatic heterocycles. The van der Waals surface area contributed by atoms with Gasteiger partial charge in [0.2, 0.25) is 5.88 Å². The molecule has 0 spiro atoms. The summed E-state index contributed by atoms with van der Waals surface area (Å²) >= 11 is 1.42. The molecule has 3 aromatic rings. The number of hydrogen-bond donors (Lipinski definition) is 4. The van der Waals surface area contributed by atoms with Crippen molar-refractivity contribution in [1.82, 2.24) is 0 Å². The molecule has 2 heterocycles. The van der Waals surface area contributed by atoms with Crippen molar-refractivity contribution in [2.75, 3.05) is 22.9 Å². The van der Waals surface area contributed by atoms with Gasteiger partial charge < -0.3 is 27.4 Å². The maximum atomic E-state index is 5.87. The Morgan fingerprint density at radius 2 is 1.69 bits per heavy atom. The third kappa shape index (κ3) is 0.989. The molecule has 0 aliphatic rings. The van der Waals surface area contributed by atoms with E-state index >= 15 is 0 Å². The second kappa shape index (κ2) is 2.73. The SMILES string of the molecule is Nc1oc2cc3sc(N)c(N)c3cc2c1N. The second-order valence-electron chi connectivity index (χ2n) is 3.60. The van der Waals surface area contributed by atoms with Gasteiger partial charge in [-0.05, 0) is 12.1 Å². The van der Waals surface area contributed by atoms with Crippen molar-refractivity contribution in [2.24, 2.45) is 0 Å². The number of benzene rings is 1. The number of nitrogen functional groups attached to an aromatic ring is 4. The fraction of sp³-hybridized carbons (Fsp3) is 0. The fourth-order valence-electron chi connectivity index (χ4n) is 1.76. The predicted octanol–water partition coefficient (Wildman–Crippen LogP) is 1.98. The third-order valence-electron chi connectivity index (χ3n) is 2.63. The lowest BCUT2D eigenvalue weighted by atomic mass is 10.1. The van der Waals surface area contributed by atoms with Gasteiger partial charge in [0.05, 0.1) is 5.69 Å². The Hall–Kier alpha value is -2.08. The zero-order chi connectivity index (χ0) is 11.4. The van der Waals surface area contributed by atoms with Crippen LogP contribution in [0.2, 0.25) is 0 Å². The summed E-state index contributed by atoms with van der Waals surface area (Å²) in [6.45, 7) is 0. The predicted molar refractivity (Wildman–Crippen MR) is 69.2 cm³/mol. The lowest BCUT2D eigenvalue weighted by Crippen LogP contribution is -1.89. The summed E-state index contributed by atoms with van der Waals surface area (Å²) in [5.74, 6) is 0.235. The van der Waals surface area contributed by atoms with Gasteiger partial charge in [-0.15, -0.1) is 11.3 Å². The Balaban J connectivity index is 2.53. The van der Waals surface area contributed by atoms with Crippen molar-refractivity contribution in [3.8, 4) is 0 Å². The summed E-state index contributed by atoms with van der Waals surface area (Å²) in [6, 6.07) is 3.72. The Kier molecular flexibility index (Phi) is 1.57. The number of rotatable bonds is 0. The maximum absolute atomic E-state index is 5.87. The summed E-state index contributed by atoms with van der Waals surface area (Å²) in [5, 5.41) is 2.27. The summed E-state index contributed by atoms with van der Waals surface area (Å²) in [5.41, 5.74) is 24.7. The van der Waals surface area contributed by atoms with Crippen LogP contribution in [0, 0.1) is 0 Å². The fourth-order valence-corrected chi connectivity index (χ4v) is 2.66. The van der Waals surface area contributed by atoms with Crippen LogP contribution < -0.4 is 22.9 Å². The smallest absolute Gasteiger partial charge is 0.214 e. The minimum absolute atomic E-state index is 0.235. The van der Waals surface area contributed by atoms with Gasteiger partial charge in [-0.2, -0.15) is 0 Å². The molecule has 0 aliphatic carbocycles. The molecule has 6 heteroatoms. The van der Waals surface area contributed by atoms with Crippen LogP contribution in [0.15, 0.2) is 16.5 Å². The molecule has 5 nitrogen and oxygen atoms in total. The molecule has 8 N–H and O–H groups in total. The van der Waals surface area contributed by atoms with E-state index in [1.54, 1.807) is 0 Å². The number of hydrogen-bond acceptors (Lipinski definition) is 6. The first kappa shape index (κ1) is 9.17. The molecule has 1 aromatic carbocycles. The number of nitrogens with two attached hydrogens (primary N) is 4. The van der Waals surface area contributed by atoms with Crippen LogP contribution in [-0.4, -0.2) is 0 Å². The van der Waals surface area contributed by atoms with E-state index in [0.29, 0.717) is 22.0 Å². The average molecular weight is 234 g/mol. The zero-order valence-electron chi connectivity index (χ0n) is 8.28. The van der Waals surface area contributed by atoms with E-state index in [4.69, 9.17) is 27.4 Å². The number of anilines is 4. The van der Waals surface area contributed by atoms with Crippen LogP contribution in [-0.2, 0) is 0 Å². The van der Waals surface area contributed by atoms with Gasteiger partial charge >= 0.3 is 0 Å². The van der Waals surface area contributed by atoms with Crippen molar-refractivity contribution in [1.29, 1.82) is 0 Å². The van der Waals surface area contributed by atoms with Gasteiger partial charge in [-0.3, -0.25) is 0 Å². The Bertz CT molecular complexity index is 655. The number of furan rings is 1. The van der Waals surface area contributed by atoms with Crippen molar-refractivity contribution < 1.29 is 4.42 Å². The van der Waals surface area contributed by atoms with Crippen LogP contribution in [0.5, 0.6) is 0 Å². The maximum Gasteiger partial charge on any atom is 0.214 e. The topological polar surface area (TPSA) is 117 Å². The standard InChI is InChI=1S/C10H10N4OS/c11-7-3-1-4-6(16-10(14)8(4)12)2-5(3)15-9(7)13/h1-2H,11-14H2. The molecule has 0 unspecified atom stereocenters. The zero-order valence-corrected chi connectivity index (χ0v) is 9.10. The first-order valence-electron chi connectivity index (χ1n) is 4.63. The van der Waals surface area contributed by atoms with Crippen molar-refractivity contribution in [2.45, 2.75) is 0 Å². The van der Waals surface area contributed by atoms with Crippen LogP contribution in [0.25, 0.3) is 21.1 Å². The molecule has 0 saturated carbocycles. The Morgan fingerprint density at radius 1 is 0.938 bits per heavy atom. The van der Waals surface area contributed by atoms with E-state index in [-0.39, 0.29) is 5.88 Å². The monoisotopic (exact) mass is 234 g/mol. The quantitative estimate of drug-likeness (QED) is 0.474. The summed E-state index contributed by atoms with van der Waals surface area (Å²) in [6.07, 6.45) is 0. The molecule has 16 heavy (non-hydrogen) atoms. The summed E-state index contributed by atoms with van der Waals surface area (Å²) in [7, 11) is 0. The third-order valence-corrected chi connectivity index (χ3v) is 3.63. The molecule has 0 atom stereocenters. The summed E-state index contributed by atoms with van der Waals surface area (Å²) < 4.78 is 6.30. The lowest BCUT2D eigenvalue weighted by Gasteiger charge is -1.93. The van der Waals surface area contributed by atoms with E-state index in [9.17, 15) is 0 Å². The van der Waals surface area contributed by atoms with Gasteiger partial charge in [-0.1, -0.05) is 0 Å². The first-order valence-corrected chi connectivity index (χ1v) is 5.44. The lowest BCUT2D eigenvalue weighted by molar-refractivity contribution is 0.639. The van der Waals surface area contributed by atoms with E-state index in [2.05, 4.69) is 0 Å². The molecule has 3 rings (SSSR count). The molecule has 0 radical (unpaired) electrons. The first-order chi connectivity index (χ1) is 7.58. The van der Waals surface area contributed by atoms with Gasteiger partial charge in [0, 0.05) is 15.5 Å². The van der Waals surface area contributed by atoms with E-state index in [1.165, 1.54) is 11.3 Å². The second-order valence-corrected chi connectivity index (χ2v) is 4.69. The minimum Gasteiger partial charge on any atom is -0.439 e. The van der Waals surface area contributed by atoms with Gasteiger partial charge in [0.15, 0.2) is 0 Å². The minimum atomic E-state index is 0.235. The van der Waals surface area contributed by atoms with Crippen LogP contribution in [0.4, 0.5) is 22.3 Å². The van der Waals surface area contributed by atoms with Crippen molar-refractivity contribution in [3.05, 3.63) is 12.1 Å². The van der Waals surface area contributed by atoms with Crippen LogP contribution in [0.1, 0.15) is 0 Å². The van der Waals surface area contributed by atoms with E-state index < -0.39 is 0 Å². The van der Waals surface area contributed by atoms with E-state index in [0.717, 1.165) is 15.5 Å². The van der Waals surface area contributed by atoms with Crippen molar-refractivity contribution >= 4 is 54.7 Å². The van der Waals surface area contributed by atoms with Gasteiger partial charge in [0.1, 0.15) is 16.3 Å². The Morgan fingerprint density at radius 3 is 2.44 bits per heavy atom. The molecule has 0 saturated heterocycles. The highest BCUT2D eigenvalue weighted by atomic mass is 32.1. The summed E-state index contributed by atoms with van der Waals surface area (Å²) in [4.78, 5) is 0. The van der Waals surface area contributed by atoms with Crippen LogP contribution in [0.3, 0.4) is 0 Å². The highest BCUT2D eigenvalue weighted by Gasteiger charge is 2.13. The molecular formula is C10H10N4OS. The van der Waals surface area contributed by atoms with E-state index in [1.807, 2.05) is 12.1 Å². The number of fused-ring (bicyclic) bond motifs is 2. The normalized spacial score (nSPS) is 11.5. The van der Waals surface area contributed by atoms with Gasteiger partial charge in [0.25, 0.3) is 0 Å². The molecule has 82 valence electrons. The molecular weight excluding hydrogens is 224 g/mol. The average Bonchev–Trinajstić information content (AvgIpc) is 2.66. The highest BCUT2D eigenvalue weighted by Crippen LogP contribution is 2.41. The molecule has 0 amide bonds. The largest absolute Gasteiger partial charge is 0.439 e. The molecule has 0 bridgehead atoms. The van der Waals surface area contributed by atoms with Crippen molar-refractivity contribution in [3.63, 3.8) is 0 Å². The highest BCUT2D eigenvalue weighted by molar-refractivity contribution is 7.23. The van der Waals surface area contributed by atoms with Crippen LogP contribution >= 0.6 is 11.3 Å².